The van der Waals surface area contributed by atoms with Gasteiger partial charge in [0.25, 0.3) is 5.91 Å². The number of aryl methyl sites for hydroxylation is 1. The van der Waals surface area contributed by atoms with Crippen LogP contribution in [0.5, 0.6) is 0 Å². The maximum absolute atomic E-state index is 13.3. The van der Waals surface area contributed by atoms with Crippen LogP contribution in [0.15, 0.2) is 29.3 Å². The topological polar surface area (TPSA) is 184 Å². The number of rotatable bonds is 8. The minimum absolute atomic E-state index is 0.0470. The van der Waals surface area contributed by atoms with Crippen molar-refractivity contribution in [1.29, 1.82) is 0 Å². The molecule has 0 aliphatic carbocycles. The van der Waals surface area contributed by atoms with E-state index in [-0.39, 0.29) is 18.3 Å². The fourth-order valence-electron chi connectivity index (χ4n) is 4.22. The second kappa shape index (κ2) is 11.0. The van der Waals surface area contributed by atoms with Crippen molar-refractivity contribution in [2.75, 3.05) is 13.1 Å². The first-order valence-electron chi connectivity index (χ1n) is 10.9. The molecule has 2 saturated heterocycles. The van der Waals surface area contributed by atoms with Gasteiger partial charge in [0.2, 0.25) is 0 Å². The Morgan fingerprint density at radius 1 is 1.15 bits per heavy atom. The summed E-state index contributed by atoms with van der Waals surface area (Å²) in [5.41, 5.74) is 12.2. The Bertz CT molecular complexity index is 888. The normalized spacial score (nSPS) is 22.1. The number of amides is 1. The van der Waals surface area contributed by atoms with Gasteiger partial charge in [-0.05, 0) is 49.8 Å². The lowest BCUT2D eigenvalue weighted by Crippen LogP contribution is -2.60. The Labute approximate surface area is 191 Å². The highest BCUT2D eigenvalue weighted by molar-refractivity contribution is 5.83. The van der Waals surface area contributed by atoms with Crippen LogP contribution >= 0.6 is 0 Å². The highest BCUT2D eigenvalue weighted by Crippen LogP contribution is 2.25. The highest BCUT2D eigenvalue weighted by Gasteiger charge is 2.41. The van der Waals surface area contributed by atoms with Crippen molar-refractivity contribution in [3.63, 3.8) is 0 Å². The molecule has 12 nitrogen and oxygen atoms in total. The number of nitrogens with one attached hydrogen (secondary N) is 1. The molecule has 1 aromatic rings. The number of aliphatic imine (C=N–C) groups is 1. The first-order valence-corrected chi connectivity index (χ1v) is 10.9. The molecule has 0 radical (unpaired) electrons. The van der Waals surface area contributed by atoms with E-state index in [1.807, 2.05) is 12.1 Å². The van der Waals surface area contributed by atoms with Crippen LogP contribution in [0.2, 0.25) is 0 Å². The van der Waals surface area contributed by atoms with Gasteiger partial charge in [0.05, 0.1) is 11.7 Å². The number of ether oxygens (including phenoxy) is 1. The van der Waals surface area contributed by atoms with E-state index in [0.29, 0.717) is 50.9 Å². The number of carboxylic acids is 1. The SMILES string of the molecule is NC(N)=Nc1ccc(CC[C@H](N[C@H]2CCCN3CCC[C@H](OC(=O)O)N3C2=O)C(=O)O)cc1. The predicted octanol–water partition coefficient (Wildman–Crippen LogP) is 0.589. The predicted molar refractivity (Wildman–Crippen MR) is 118 cm³/mol. The lowest BCUT2D eigenvalue weighted by atomic mass is 10.0. The van der Waals surface area contributed by atoms with Gasteiger partial charge in [-0.3, -0.25) is 14.9 Å². The van der Waals surface area contributed by atoms with E-state index < -0.39 is 30.4 Å². The summed E-state index contributed by atoms with van der Waals surface area (Å²) in [7, 11) is 0. The van der Waals surface area contributed by atoms with Crippen molar-refractivity contribution in [3.05, 3.63) is 29.8 Å². The number of aliphatic carboxylic acids is 1. The third-order valence-corrected chi connectivity index (χ3v) is 5.73. The van der Waals surface area contributed by atoms with Crippen molar-refractivity contribution in [2.24, 2.45) is 16.5 Å². The van der Waals surface area contributed by atoms with Gasteiger partial charge in [0.15, 0.2) is 12.2 Å². The van der Waals surface area contributed by atoms with E-state index in [1.165, 1.54) is 5.01 Å². The molecule has 2 aliphatic heterocycles. The first kappa shape index (κ1) is 24.3. The molecule has 7 N–H and O–H groups in total. The molecule has 0 spiro atoms. The number of carbonyl (C=O) groups excluding carboxylic acids is 1. The summed E-state index contributed by atoms with van der Waals surface area (Å²) >= 11 is 0. The molecule has 3 atom stereocenters. The van der Waals surface area contributed by atoms with Crippen molar-refractivity contribution < 1.29 is 29.3 Å². The second-order valence-corrected chi connectivity index (χ2v) is 8.11. The molecule has 3 rings (SSSR count). The van der Waals surface area contributed by atoms with Crippen LogP contribution < -0.4 is 16.8 Å². The Hall–Kier alpha value is -3.38. The average molecular weight is 463 g/mol. The third kappa shape index (κ3) is 6.56. The van der Waals surface area contributed by atoms with Gasteiger partial charge in [-0.2, -0.15) is 0 Å². The number of carboxylic acid groups (broad SMARTS) is 2. The number of hydrogen-bond donors (Lipinski definition) is 5. The quantitative estimate of drug-likeness (QED) is 0.208. The van der Waals surface area contributed by atoms with Crippen LogP contribution in [-0.2, 0) is 20.7 Å². The number of benzene rings is 1. The van der Waals surface area contributed by atoms with Gasteiger partial charge >= 0.3 is 12.1 Å². The van der Waals surface area contributed by atoms with Crippen LogP contribution in [-0.4, -0.2) is 75.6 Å². The Morgan fingerprint density at radius 2 is 1.82 bits per heavy atom. The lowest BCUT2D eigenvalue weighted by molar-refractivity contribution is -0.190. The van der Waals surface area contributed by atoms with Crippen molar-refractivity contribution in [1.82, 2.24) is 15.3 Å². The second-order valence-electron chi connectivity index (χ2n) is 8.11. The first-order chi connectivity index (χ1) is 15.7. The Morgan fingerprint density at radius 3 is 2.42 bits per heavy atom. The summed E-state index contributed by atoms with van der Waals surface area (Å²) in [5, 5.41) is 24.9. The molecule has 0 aromatic heterocycles. The van der Waals surface area contributed by atoms with E-state index >= 15 is 0 Å². The number of nitrogens with zero attached hydrogens (tertiary/aromatic N) is 3. The molecular formula is C21H30N6O6. The largest absolute Gasteiger partial charge is 0.507 e. The summed E-state index contributed by atoms with van der Waals surface area (Å²) in [6, 6.07) is 5.40. The van der Waals surface area contributed by atoms with Crippen LogP contribution in [0.4, 0.5) is 10.5 Å². The van der Waals surface area contributed by atoms with Gasteiger partial charge in [-0.15, -0.1) is 0 Å². The molecule has 12 heteroatoms. The van der Waals surface area contributed by atoms with Crippen molar-refractivity contribution in [2.45, 2.75) is 56.8 Å². The molecule has 0 unspecified atom stereocenters. The molecule has 180 valence electrons. The maximum atomic E-state index is 13.3. The molecule has 33 heavy (non-hydrogen) atoms. The van der Waals surface area contributed by atoms with E-state index in [9.17, 15) is 19.5 Å². The Balaban J connectivity index is 1.66. The summed E-state index contributed by atoms with van der Waals surface area (Å²) < 4.78 is 4.94. The minimum Gasteiger partial charge on any atom is -0.480 e. The fourth-order valence-corrected chi connectivity index (χ4v) is 4.22. The number of hydrogen-bond acceptors (Lipinski definition) is 7. The van der Waals surface area contributed by atoms with E-state index in [4.69, 9.17) is 21.3 Å². The van der Waals surface area contributed by atoms with Gasteiger partial charge < -0.3 is 26.4 Å². The monoisotopic (exact) mass is 462 g/mol. The fraction of sp³-hybridized carbons (Fsp3) is 0.524. The maximum Gasteiger partial charge on any atom is 0.507 e. The molecular weight excluding hydrogens is 432 g/mol. The number of fused-ring (bicyclic) bond motifs is 1. The molecule has 2 heterocycles. The zero-order valence-corrected chi connectivity index (χ0v) is 18.2. The zero-order chi connectivity index (χ0) is 24.0. The Kier molecular flexibility index (Phi) is 8.06. The van der Waals surface area contributed by atoms with Crippen molar-refractivity contribution in [3.8, 4) is 0 Å². The number of hydrazine groups is 1. The summed E-state index contributed by atoms with van der Waals surface area (Å²) in [6.45, 7) is 1.19. The van der Waals surface area contributed by atoms with E-state index in [1.54, 1.807) is 17.1 Å². The number of nitrogens with two attached hydrogens (primary N) is 2. The molecule has 0 bridgehead atoms. The smallest absolute Gasteiger partial charge is 0.480 e. The highest BCUT2D eigenvalue weighted by atomic mass is 16.7. The standard InChI is InChI=1S/C21H30N6O6/c22-20(23)24-14-8-5-13(6-9-14)7-10-16(19(29)30)25-15-3-1-11-26-12-2-4-17(33-21(31)32)27(26)18(15)28/h5-6,8-9,15-17,25H,1-4,7,10-12H2,(H,29,30)(H,31,32)(H4,22,23,24)/t15-,16-,17-/m0/s1. The molecule has 0 saturated carbocycles. The van der Waals surface area contributed by atoms with E-state index in [0.717, 1.165) is 5.56 Å². The zero-order valence-electron chi connectivity index (χ0n) is 18.2. The third-order valence-electron chi connectivity index (χ3n) is 5.73. The summed E-state index contributed by atoms with van der Waals surface area (Å²) in [6.07, 6.45) is 0.600. The molecule has 2 aliphatic rings. The number of carbonyl (C=O) groups is 3. The van der Waals surface area contributed by atoms with Gasteiger partial charge in [0, 0.05) is 19.5 Å². The average Bonchev–Trinajstić information content (AvgIpc) is 2.90. The van der Waals surface area contributed by atoms with Crippen LogP contribution in [0.25, 0.3) is 0 Å². The summed E-state index contributed by atoms with van der Waals surface area (Å²) in [5.74, 6) is -1.47. The molecule has 2 fully saturated rings. The molecule has 1 amide bonds. The van der Waals surface area contributed by atoms with Gasteiger partial charge in [-0.1, -0.05) is 12.1 Å². The van der Waals surface area contributed by atoms with Crippen LogP contribution in [0.3, 0.4) is 0 Å². The van der Waals surface area contributed by atoms with Gasteiger partial charge in [-0.25, -0.2) is 19.8 Å². The van der Waals surface area contributed by atoms with E-state index in [2.05, 4.69) is 10.3 Å². The molecule has 1 aromatic carbocycles. The van der Waals surface area contributed by atoms with Crippen LogP contribution in [0, 0.1) is 0 Å². The number of guanidine groups is 1. The lowest BCUT2D eigenvalue weighted by Gasteiger charge is -2.42. The van der Waals surface area contributed by atoms with Gasteiger partial charge in [0.1, 0.15) is 6.04 Å². The summed E-state index contributed by atoms with van der Waals surface area (Å²) in [4.78, 5) is 40.2. The minimum atomic E-state index is -1.45. The van der Waals surface area contributed by atoms with Crippen molar-refractivity contribution >= 4 is 29.7 Å². The van der Waals surface area contributed by atoms with Crippen LogP contribution in [0.1, 0.15) is 37.7 Å².